The van der Waals surface area contributed by atoms with E-state index in [4.69, 9.17) is 20.8 Å². The average molecular weight is 429 g/mol. The summed E-state index contributed by atoms with van der Waals surface area (Å²) < 4.78 is 11.7. The van der Waals surface area contributed by atoms with Gasteiger partial charge in [-0.2, -0.15) is 4.98 Å². The highest BCUT2D eigenvalue weighted by molar-refractivity contribution is 6.31. The molecular formula is C22H25ClN4O3. The smallest absolute Gasteiger partial charge is 0.410 e. The van der Waals surface area contributed by atoms with Crippen LogP contribution >= 0.6 is 11.6 Å². The third-order valence-electron chi connectivity index (χ3n) is 4.91. The SMILES string of the molecule is C[C@H]1CN(C(=O)OC(C)(C)C)CCN1c1nc2cc(Cl)cc(-c3ccccn3)c2o1. The van der Waals surface area contributed by atoms with E-state index in [-0.39, 0.29) is 12.1 Å². The number of halogens is 1. The summed E-state index contributed by atoms with van der Waals surface area (Å²) in [6.07, 6.45) is 1.44. The van der Waals surface area contributed by atoms with E-state index < -0.39 is 5.60 Å². The summed E-state index contributed by atoms with van der Waals surface area (Å²) in [6, 6.07) is 9.86. The highest BCUT2D eigenvalue weighted by atomic mass is 35.5. The lowest BCUT2D eigenvalue weighted by molar-refractivity contribution is 0.0216. The Labute approximate surface area is 180 Å². The van der Waals surface area contributed by atoms with E-state index in [1.807, 2.05) is 52.0 Å². The molecule has 1 aliphatic heterocycles. The number of anilines is 1. The standard InChI is InChI=1S/C22H25ClN4O3/c1-14-13-26(21(28)30-22(2,3)4)9-10-27(14)20-25-18-12-15(23)11-16(19(18)29-20)17-7-5-6-8-24-17/h5-8,11-12,14H,9-10,13H2,1-4H3/t14-/m0/s1. The van der Waals surface area contributed by atoms with Gasteiger partial charge in [-0.1, -0.05) is 17.7 Å². The minimum atomic E-state index is -0.515. The van der Waals surface area contributed by atoms with E-state index in [1.165, 1.54) is 0 Å². The number of rotatable bonds is 2. The fourth-order valence-electron chi connectivity index (χ4n) is 3.56. The Morgan fingerprint density at radius 1 is 1.27 bits per heavy atom. The fourth-order valence-corrected chi connectivity index (χ4v) is 3.77. The molecule has 1 saturated heterocycles. The van der Waals surface area contributed by atoms with E-state index in [1.54, 1.807) is 17.2 Å². The molecule has 3 aromatic rings. The second-order valence-electron chi connectivity index (χ2n) is 8.48. The molecule has 158 valence electrons. The molecule has 0 unspecified atom stereocenters. The van der Waals surface area contributed by atoms with Crippen LogP contribution in [0, 0.1) is 0 Å². The largest absolute Gasteiger partial charge is 0.444 e. The molecule has 0 N–H and O–H groups in total. The maximum atomic E-state index is 12.4. The van der Waals surface area contributed by atoms with Gasteiger partial charge in [0, 0.05) is 42.5 Å². The van der Waals surface area contributed by atoms with Crippen molar-refractivity contribution in [2.24, 2.45) is 0 Å². The molecule has 3 heterocycles. The Bertz CT molecular complexity index is 1060. The molecule has 0 saturated carbocycles. The third kappa shape index (κ3) is 4.21. The van der Waals surface area contributed by atoms with Crippen molar-refractivity contribution in [1.82, 2.24) is 14.9 Å². The van der Waals surface area contributed by atoms with Gasteiger partial charge in [-0.25, -0.2) is 4.79 Å². The lowest BCUT2D eigenvalue weighted by atomic mass is 10.1. The van der Waals surface area contributed by atoms with Crippen LogP contribution in [-0.2, 0) is 4.74 Å². The minimum Gasteiger partial charge on any atom is -0.444 e. The van der Waals surface area contributed by atoms with Crippen molar-refractivity contribution in [3.63, 3.8) is 0 Å². The van der Waals surface area contributed by atoms with Crippen LogP contribution in [0.15, 0.2) is 40.9 Å². The number of amides is 1. The number of pyridine rings is 1. The molecule has 8 heteroatoms. The summed E-state index contributed by atoms with van der Waals surface area (Å²) in [5.41, 5.74) is 2.39. The predicted octanol–water partition coefficient (Wildman–Crippen LogP) is 4.99. The van der Waals surface area contributed by atoms with Crippen molar-refractivity contribution < 1.29 is 13.9 Å². The maximum absolute atomic E-state index is 12.4. The number of oxazole rings is 1. The van der Waals surface area contributed by atoms with Gasteiger partial charge in [0.25, 0.3) is 6.01 Å². The Hall–Kier alpha value is -2.80. The molecule has 1 aliphatic rings. The molecule has 2 aromatic heterocycles. The molecule has 1 amide bonds. The molecule has 7 nitrogen and oxygen atoms in total. The van der Waals surface area contributed by atoms with Gasteiger partial charge in [-0.3, -0.25) is 4.98 Å². The first kappa shape index (κ1) is 20.5. The van der Waals surface area contributed by atoms with Gasteiger partial charge < -0.3 is 19.0 Å². The van der Waals surface area contributed by atoms with Crippen LogP contribution < -0.4 is 4.90 Å². The molecular weight excluding hydrogens is 404 g/mol. The highest BCUT2D eigenvalue weighted by Gasteiger charge is 2.32. The zero-order valence-corrected chi connectivity index (χ0v) is 18.3. The monoisotopic (exact) mass is 428 g/mol. The number of piperazine rings is 1. The quantitative estimate of drug-likeness (QED) is 0.572. The van der Waals surface area contributed by atoms with E-state index in [2.05, 4.69) is 14.9 Å². The summed E-state index contributed by atoms with van der Waals surface area (Å²) in [5, 5.41) is 0.575. The van der Waals surface area contributed by atoms with Crippen molar-refractivity contribution in [3.8, 4) is 11.3 Å². The normalized spacial score (nSPS) is 17.4. The van der Waals surface area contributed by atoms with Crippen LogP contribution in [0.3, 0.4) is 0 Å². The second-order valence-corrected chi connectivity index (χ2v) is 8.92. The molecule has 1 atom stereocenters. The molecule has 0 aliphatic carbocycles. The first-order chi connectivity index (χ1) is 14.2. The van der Waals surface area contributed by atoms with Gasteiger partial charge in [0.2, 0.25) is 0 Å². The van der Waals surface area contributed by atoms with E-state index in [0.29, 0.717) is 41.8 Å². The number of fused-ring (bicyclic) bond motifs is 1. The Balaban J connectivity index is 1.60. The van der Waals surface area contributed by atoms with Crippen molar-refractivity contribution in [2.45, 2.75) is 39.3 Å². The summed E-state index contributed by atoms with van der Waals surface area (Å²) >= 11 is 6.32. The number of carbonyl (C=O) groups excluding carboxylic acids is 1. The van der Waals surface area contributed by atoms with Gasteiger partial charge in [-0.15, -0.1) is 0 Å². The predicted molar refractivity (Wildman–Crippen MR) is 117 cm³/mol. The number of carbonyl (C=O) groups is 1. The number of nitrogens with zero attached hydrogens (tertiary/aromatic N) is 4. The van der Waals surface area contributed by atoms with Crippen molar-refractivity contribution in [1.29, 1.82) is 0 Å². The Kier molecular flexibility index (Phi) is 5.32. The first-order valence-corrected chi connectivity index (χ1v) is 10.3. The van der Waals surface area contributed by atoms with Crippen molar-refractivity contribution in [3.05, 3.63) is 41.6 Å². The van der Waals surface area contributed by atoms with Gasteiger partial charge in [0.1, 0.15) is 11.1 Å². The molecule has 4 rings (SSSR count). The van der Waals surface area contributed by atoms with Crippen LogP contribution in [0.2, 0.25) is 5.02 Å². The average Bonchev–Trinajstić information content (AvgIpc) is 3.10. The molecule has 0 spiro atoms. The summed E-state index contributed by atoms with van der Waals surface area (Å²) in [6.45, 7) is 9.30. The lowest BCUT2D eigenvalue weighted by Gasteiger charge is -2.39. The Morgan fingerprint density at radius 3 is 2.73 bits per heavy atom. The van der Waals surface area contributed by atoms with Crippen LogP contribution in [0.4, 0.5) is 10.8 Å². The van der Waals surface area contributed by atoms with Gasteiger partial charge in [-0.05, 0) is 52.0 Å². The number of hydrogen-bond acceptors (Lipinski definition) is 6. The van der Waals surface area contributed by atoms with E-state index in [9.17, 15) is 4.79 Å². The van der Waals surface area contributed by atoms with Gasteiger partial charge in [0.15, 0.2) is 5.58 Å². The molecule has 0 bridgehead atoms. The van der Waals surface area contributed by atoms with Crippen LogP contribution in [0.25, 0.3) is 22.4 Å². The fraction of sp³-hybridized carbons (Fsp3) is 0.409. The number of benzene rings is 1. The Morgan fingerprint density at radius 2 is 2.07 bits per heavy atom. The van der Waals surface area contributed by atoms with Crippen molar-refractivity contribution in [2.75, 3.05) is 24.5 Å². The second kappa shape index (κ2) is 7.80. The lowest BCUT2D eigenvalue weighted by Crippen LogP contribution is -2.54. The van der Waals surface area contributed by atoms with Gasteiger partial charge >= 0.3 is 6.09 Å². The minimum absolute atomic E-state index is 0.0214. The van der Waals surface area contributed by atoms with Crippen LogP contribution in [-0.4, -0.2) is 52.2 Å². The number of aromatic nitrogens is 2. The molecule has 30 heavy (non-hydrogen) atoms. The van der Waals surface area contributed by atoms with Gasteiger partial charge in [0.05, 0.1) is 5.69 Å². The third-order valence-corrected chi connectivity index (χ3v) is 5.13. The van der Waals surface area contributed by atoms with Crippen LogP contribution in [0.1, 0.15) is 27.7 Å². The first-order valence-electron chi connectivity index (χ1n) is 9.97. The number of hydrogen-bond donors (Lipinski definition) is 0. The zero-order valence-electron chi connectivity index (χ0n) is 17.6. The summed E-state index contributed by atoms with van der Waals surface area (Å²) in [5.74, 6) is 0. The highest BCUT2D eigenvalue weighted by Crippen LogP contribution is 2.34. The molecule has 1 aromatic carbocycles. The van der Waals surface area contributed by atoms with E-state index in [0.717, 1.165) is 11.3 Å². The number of ether oxygens (including phenoxy) is 1. The summed E-state index contributed by atoms with van der Waals surface area (Å²) in [7, 11) is 0. The summed E-state index contributed by atoms with van der Waals surface area (Å²) in [4.78, 5) is 25.3. The molecule has 1 fully saturated rings. The van der Waals surface area contributed by atoms with E-state index >= 15 is 0 Å². The zero-order chi connectivity index (χ0) is 21.5. The van der Waals surface area contributed by atoms with Crippen LogP contribution in [0.5, 0.6) is 0 Å². The molecule has 0 radical (unpaired) electrons. The van der Waals surface area contributed by atoms with Crippen molar-refractivity contribution >= 4 is 34.8 Å². The maximum Gasteiger partial charge on any atom is 0.410 e. The topological polar surface area (TPSA) is 71.7 Å².